The van der Waals surface area contributed by atoms with E-state index in [0.29, 0.717) is 74.0 Å². The van der Waals surface area contributed by atoms with Gasteiger partial charge in [-0.05, 0) is 73.1 Å². The van der Waals surface area contributed by atoms with Gasteiger partial charge in [-0.15, -0.1) is 0 Å². The molecule has 13 nitrogen and oxygen atoms in total. The number of aromatic nitrogens is 1. The Hall–Kier alpha value is -6.02. The molecule has 6 rings (SSSR count). The molecule has 0 saturated carbocycles. The minimum absolute atomic E-state index is 0.00686. The number of likely N-dealkylation sites (tertiary alicyclic amines) is 1. The van der Waals surface area contributed by atoms with E-state index < -0.39 is 12.2 Å². The molecule has 5 aromatic rings. The molecule has 4 aromatic carbocycles. The van der Waals surface area contributed by atoms with Crippen molar-refractivity contribution in [2.75, 3.05) is 51.6 Å². The Kier molecular flexibility index (Phi) is 14.9. The van der Waals surface area contributed by atoms with Crippen LogP contribution < -0.4 is 21.5 Å². The SMILES string of the molecule is C[C@@H](Cc1cccc(CC(=O)NCCCN(C)C(=O)CN2CCC(OC(=O)Nc3ccccc3-c3ccccc3)CC2)c1)NC[C@H](O)c1ccc(O)c2[nH]c(=O)ccc12. The zero-order valence-electron chi connectivity index (χ0n) is 33.7. The Morgan fingerprint density at radius 1 is 0.932 bits per heavy atom. The molecule has 3 amide bonds. The maximum atomic E-state index is 13.0. The van der Waals surface area contributed by atoms with Crippen LogP contribution >= 0.6 is 0 Å². The van der Waals surface area contributed by atoms with Gasteiger partial charge in [0.05, 0.1) is 30.3 Å². The molecule has 2 heterocycles. The minimum Gasteiger partial charge on any atom is -0.506 e. The van der Waals surface area contributed by atoms with Gasteiger partial charge >= 0.3 is 6.09 Å². The molecule has 1 fully saturated rings. The lowest BCUT2D eigenvalue weighted by Crippen LogP contribution is -2.44. The first-order chi connectivity index (χ1) is 28.5. The first kappa shape index (κ1) is 42.6. The number of fused-ring (bicyclic) bond motifs is 1. The van der Waals surface area contributed by atoms with Crippen LogP contribution in [-0.2, 0) is 27.2 Å². The van der Waals surface area contributed by atoms with Crippen LogP contribution in [0.3, 0.4) is 0 Å². The van der Waals surface area contributed by atoms with E-state index in [4.69, 9.17) is 4.74 Å². The molecule has 1 aliphatic heterocycles. The predicted octanol–water partition coefficient (Wildman–Crippen LogP) is 5.38. The second kappa shape index (κ2) is 20.6. The van der Waals surface area contributed by atoms with Gasteiger partial charge in [0, 0.05) is 62.8 Å². The number of benzene rings is 4. The lowest BCUT2D eigenvalue weighted by Gasteiger charge is -2.32. The number of likely N-dealkylation sites (N-methyl/N-ethyl adjacent to an activating group) is 1. The van der Waals surface area contributed by atoms with Crippen molar-refractivity contribution in [2.24, 2.45) is 0 Å². The maximum Gasteiger partial charge on any atom is 0.411 e. The number of phenolic OH excluding ortho intramolecular Hbond substituents is 1. The Morgan fingerprint density at radius 3 is 2.47 bits per heavy atom. The third-order valence-electron chi connectivity index (χ3n) is 10.7. The molecule has 6 N–H and O–H groups in total. The number of aliphatic hydroxyl groups is 1. The van der Waals surface area contributed by atoms with E-state index in [9.17, 15) is 29.4 Å². The highest BCUT2D eigenvalue weighted by atomic mass is 16.6. The van der Waals surface area contributed by atoms with Crippen molar-refractivity contribution in [3.8, 4) is 16.9 Å². The van der Waals surface area contributed by atoms with Crippen LogP contribution in [0.2, 0.25) is 0 Å². The van der Waals surface area contributed by atoms with Crippen LogP contribution in [0.5, 0.6) is 5.75 Å². The normalized spacial score (nSPS) is 14.4. The summed E-state index contributed by atoms with van der Waals surface area (Å²) < 4.78 is 5.74. The predicted molar refractivity (Wildman–Crippen MR) is 229 cm³/mol. The number of nitrogens with one attached hydrogen (secondary N) is 4. The number of hydrogen-bond donors (Lipinski definition) is 6. The van der Waals surface area contributed by atoms with Crippen molar-refractivity contribution < 1.29 is 29.3 Å². The number of para-hydroxylation sites is 1. The molecule has 0 aliphatic carbocycles. The summed E-state index contributed by atoms with van der Waals surface area (Å²) in [6, 6.07) is 31.5. The number of aliphatic hydroxyl groups excluding tert-OH is 1. The van der Waals surface area contributed by atoms with Crippen molar-refractivity contribution in [3.05, 3.63) is 130 Å². The fraction of sp³-hybridized carbons (Fsp3) is 0.348. The molecule has 1 aliphatic rings. The van der Waals surface area contributed by atoms with E-state index in [2.05, 4.69) is 25.8 Å². The van der Waals surface area contributed by atoms with Gasteiger partial charge in [-0.25, -0.2) is 4.79 Å². The molecule has 59 heavy (non-hydrogen) atoms. The topological polar surface area (TPSA) is 176 Å². The minimum atomic E-state index is -0.860. The standard InChI is InChI=1S/C46H54N6O7/c1-31(48-29-41(54)37-16-18-40(53)45-38(37)17-19-42(55)50-45)26-32-10-8-11-33(27-32)28-43(56)47-22-9-23-51(2)44(57)30-52-24-20-35(21-25-52)59-46(58)49-39-15-7-6-14-36(39)34-12-4-3-5-13-34/h3-8,10-19,27,31,35,41,48,53-54H,9,20-26,28-30H2,1-2H3,(H,47,56)(H,49,58)(H,50,55)/t31-,41-/m0/s1. The number of anilines is 1. The summed E-state index contributed by atoms with van der Waals surface area (Å²) in [6.45, 7) is 4.85. The van der Waals surface area contributed by atoms with Crippen molar-refractivity contribution >= 4 is 34.5 Å². The molecule has 13 heteroatoms. The molecule has 1 saturated heterocycles. The smallest absolute Gasteiger partial charge is 0.411 e. The van der Waals surface area contributed by atoms with Crippen LogP contribution in [0.4, 0.5) is 10.5 Å². The molecule has 310 valence electrons. The monoisotopic (exact) mass is 802 g/mol. The Balaban J connectivity index is 0.847. The third-order valence-corrected chi connectivity index (χ3v) is 10.7. The number of amides is 3. The van der Waals surface area contributed by atoms with E-state index in [-0.39, 0.29) is 54.8 Å². The Bertz CT molecular complexity index is 2260. The van der Waals surface area contributed by atoms with Crippen LogP contribution in [0, 0.1) is 0 Å². The van der Waals surface area contributed by atoms with Crippen molar-refractivity contribution in [2.45, 2.75) is 57.3 Å². The first-order valence-corrected chi connectivity index (χ1v) is 20.2. The average molecular weight is 803 g/mol. The van der Waals surface area contributed by atoms with Crippen LogP contribution in [0.25, 0.3) is 22.0 Å². The largest absolute Gasteiger partial charge is 0.506 e. The van der Waals surface area contributed by atoms with E-state index in [1.165, 1.54) is 12.1 Å². The van der Waals surface area contributed by atoms with Crippen LogP contribution in [0.15, 0.2) is 108 Å². The number of H-pyrrole nitrogens is 1. The number of carbonyl (C=O) groups is 3. The number of piperidine rings is 1. The van der Waals surface area contributed by atoms with Gasteiger partial charge < -0.3 is 35.5 Å². The number of rotatable bonds is 17. The van der Waals surface area contributed by atoms with Crippen molar-refractivity contribution in [1.82, 2.24) is 25.4 Å². The Labute approximate surface area is 344 Å². The first-order valence-electron chi connectivity index (χ1n) is 20.2. The Morgan fingerprint density at radius 2 is 1.68 bits per heavy atom. The van der Waals surface area contributed by atoms with Gasteiger partial charge in [-0.3, -0.25) is 24.6 Å². The highest BCUT2D eigenvalue weighted by Gasteiger charge is 2.25. The number of ether oxygens (including phenoxy) is 1. The zero-order chi connectivity index (χ0) is 41.7. The van der Waals surface area contributed by atoms with E-state index >= 15 is 0 Å². The third kappa shape index (κ3) is 12.2. The summed E-state index contributed by atoms with van der Waals surface area (Å²) in [4.78, 5) is 56.7. The van der Waals surface area contributed by atoms with Gasteiger partial charge in [0.1, 0.15) is 11.9 Å². The lowest BCUT2D eigenvalue weighted by atomic mass is 10.0. The molecule has 1 aromatic heterocycles. The zero-order valence-corrected chi connectivity index (χ0v) is 33.7. The van der Waals surface area contributed by atoms with Gasteiger partial charge in [0.15, 0.2) is 0 Å². The summed E-state index contributed by atoms with van der Waals surface area (Å²) in [5.74, 6) is -0.138. The number of phenols is 1. The van der Waals surface area contributed by atoms with Crippen LogP contribution in [-0.4, -0.2) is 101 Å². The molecule has 0 spiro atoms. The second-order valence-electron chi connectivity index (χ2n) is 15.2. The average Bonchev–Trinajstić information content (AvgIpc) is 3.23. The summed E-state index contributed by atoms with van der Waals surface area (Å²) in [5.41, 5.74) is 5.13. The van der Waals surface area contributed by atoms with Gasteiger partial charge in [0.2, 0.25) is 17.4 Å². The molecule has 0 unspecified atom stereocenters. The summed E-state index contributed by atoms with van der Waals surface area (Å²) in [7, 11) is 1.78. The molecular weight excluding hydrogens is 749 g/mol. The fourth-order valence-corrected chi connectivity index (χ4v) is 7.43. The molecule has 0 bridgehead atoms. The number of nitrogens with zero attached hydrogens (tertiary/aromatic N) is 2. The summed E-state index contributed by atoms with van der Waals surface area (Å²) in [5, 5.41) is 30.9. The second-order valence-corrected chi connectivity index (χ2v) is 15.2. The van der Waals surface area contributed by atoms with Crippen LogP contribution in [0.1, 0.15) is 49.0 Å². The van der Waals surface area contributed by atoms with Crippen molar-refractivity contribution in [1.29, 1.82) is 0 Å². The summed E-state index contributed by atoms with van der Waals surface area (Å²) in [6.07, 6.45) is 1.26. The van der Waals surface area contributed by atoms with E-state index in [0.717, 1.165) is 22.3 Å². The fourth-order valence-electron chi connectivity index (χ4n) is 7.43. The summed E-state index contributed by atoms with van der Waals surface area (Å²) >= 11 is 0. The number of pyridine rings is 1. The quantitative estimate of drug-likeness (QED) is 0.0675. The highest BCUT2D eigenvalue weighted by Crippen LogP contribution is 2.29. The van der Waals surface area contributed by atoms with E-state index in [1.54, 1.807) is 24.1 Å². The number of carbonyl (C=O) groups excluding carboxylic acids is 3. The molecule has 0 radical (unpaired) electrons. The van der Waals surface area contributed by atoms with Crippen molar-refractivity contribution in [3.63, 3.8) is 0 Å². The van der Waals surface area contributed by atoms with Gasteiger partial charge in [-0.1, -0.05) is 78.9 Å². The van der Waals surface area contributed by atoms with Gasteiger partial charge in [0.25, 0.3) is 0 Å². The molecular formula is C46H54N6O7. The highest BCUT2D eigenvalue weighted by molar-refractivity contribution is 5.91. The number of hydrogen-bond acceptors (Lipinski definition) is 9. The molecule has 2 atom stereocenters. The number of aromatic amines is 1. The number of aromatic hydroxyl groups is 1. The lowest BCUT2D eigenvalue weighted by molar-refractivity contribution is -0.131. The van der Waals surface area contributed by atoms with Gasteiger partial charge in [-0.2, -0.15) is 0 Å². The van der Waals surface area contributed by atoms with E-state index in [1.807, 2.05) is 85.8 Å². The maximum absolute atomic E-state index is 13.0.